The van der Waals surface area contributed by atoms with Crippen molar-refractivity contribution in [3.63, 3.8) is 0 Å². The first-order chi connectivity index (χ1) is 14.6. The van der Waals surface area contributed by atoms with Gasteiger partial charge in [-0.2, -0.15) is 5.26 Å². The lowest BCUT2D eigenvalue weighted by Gasteiger charge is -2.22. The normalized spacial score (nSPS) is 10.5. The van der Waals surface area contributed by atoms with Gasteiger partial charge in [-0.3, -0.25) is 4.79 Å². The first kappa shape index (κ1) is 19.6. The van der Waals surface area contributed by atoms with Gasteiger partial charge in [0.2, 0.25) is 0 Å². The maximum absolute atomic E-state index is 13.7. The molecule has 0 aliphatic rings. The molecule has 0 saturated carbocycles. The Morgan fingerprint density at radius 2 is 1.90 bits per heavy atom. The summed E-state index contributed by atoms with van der Waals surface area (Å²) in [6.07, 6.45) is 1.55. The number of amides is 1. The van der Waals surface area contributed by atoms with E-state index in [1.807, 2.05) is 0 Å². The first-order valence-corrected chi connectivity index (χ1v) is 10.0. The highest BCUT2D eigenvalue weighted by molar-refractivity contribution is 7.13. The SMILES string of the molecule is N#Cc1ccc(CN(Cc2cccc(F)c2)C(=O)c2csc(-c3ccco3)n2)cc1. The molecule has 148 valence electrons. The Hall–Kier alpha value is -3.76. The van der Waals surface area contributed by atoms with Gasteiger partial charge in [0.05, 0.1) is 17.9 Å². The molecule has 0 unspecified atom stereocenters. The van der Waals surface area contributed by atoms with Crippen molar-refractivity contribution in [2.75, 3.05) is 0 Å². The van der Waals surface area contributed by atoms with E-state index in [1.165, 1.54) is 23.5 Å². The van der Waals surface area contributed by atoms with Crippen molar-refractivity contribution in [1.82, 2.24) is 9.88 Å². The smallest absolute Gasteiger partial charge is 0.273 e. The zero-order chi connectivity index (χ0) is 20.9. The van der Waals surface area contributed by atoms with Gasteiger partial charge in [-0.15, -0.1) is 11.3 Å². The van der Waals surface area contributed by atoms with E-state index in [-0.39, 0.29) is 18.3 Å². The minimum Gasteiger partial charge on any atom is -0.462 e. The third kappa shape index (κ3) is 4.45. The molecule has 0 aliphatic heterocycles. The van der Waals surface area contributed by atoms with Crippen molar-refractivity contribution in [2.45, 2.75) is 13.1 Å². The third-order valence-corrected chi connectivity index (χ3v) is 5.32. The number of carbonyl (C=O) groups is 1. The molecule has 2 heterocycles. The Morgan fingerprint density at radius 1 is 1.10 bits per heavy atom. The van der Waals surface area contributed by atoms with Crippen molar-refractivity contribution in [3.05, 3.63) is 101 Å². The fourth-order valence-corrected chi connectivity index (χ4v) is 3.77. The average molecular weight is 417 g/mol. The number of aromatic nitrogens is 1. The van der Waals surface area contributed by atoms with Crippen molar-refractivity contribution >= 4 is 17.2 Å². The fourth-order valence-electron chi connectivity index (χ4n) is 3.01. The summed E-state index contributed by atoms with van der Waals surface area (Å²) >= 11 is 1.32. The number of nitriles is 1. The van der Waals surface area contributed by atoms with E-state index in [2.05, 4.69) is 11.1 Å². The Kier molecular flexibility index (Phi) is 5.68. The van der Waals surface area contributed by atoms with Crippen LogP contribution in [0, 0.1) is 17.1 Å². The van der Waals surface area contributed by atoms with Crippen LogP contribution >= 0.6 is 11.3 Å². The van der Waals surface area contributed by atoms with E-state index in [4.69, 9.17) is 9.68 Å². The van der Waals surface area contributed by atoms with Crippen LogP contribution in [0.2, 0.25) is 0 Å². The summed E-state index contributed by atoms with van der Waals surface area (Å²) in [6.45, 7) is 0.527. The maximum atomic E-state index is 13.7. The monoisotopic (exact) mass is 417 g/mol. The van der Waals surface area contributed by atoms with Crippen LogP contribution in [0.25, 0.3) is 10.8 Å². The molecule has 0 fully saturated rings. The summed E-state index contributed by atoms with van der Waals surface area (Å²) in [6, 6.07) is 18.8. The first-order valence-electron chi connectivity index (χ1n) is 9.14. The minimum atomic E-state index is -0.355. The summed E-state index contributed by atoms with van der Waals surface area (Å²) in [5, 5.41) is 11.3. The molecule has 0 radical (unpaired) electrons. The second-order valence-corrected chi connectivity index (χ2v) is 7.47. The van der Waals surface area contributed by atoms with E-state index in [0.29, 0.717) is 34.1 Å². The lowest BCUT2D eigenvalue weighted by Crippen LogP contribution is -2.30. The Labute approximate surface area is 176 Å². The molecule has 7 heteroatoms. The summed E-state index contributed by atoms with van der Waals surface area (Å²) in [5.41, 5.74) is 2.39. The lowest BCUT2D eigenvalue weighted by molar-refractivity contribution is 0.0724. The van der Waals surface area contributed by atoms with Crippen molar-refractivity contribution in [3.8, 4) is 16.8 Å². The number of thiazole rings is 1. The van der Waals surface area contributed by atoms with Crippen molar-refractivity contribution in [1.29, 1.82) is 5.26 Å². The molecule has 0 spiro atoms. The number of furan rings is 1. The molecule has 5 nitrogen and oxygen atoms in total. The molecule has 0 aliphatic carbocycles. The van der Waals surface area contributed by atoms with E-state index in [9.17, 15) is 9.18 Å². The van der Waals surface area contributed by atoms with Crippen LogP contribution in [-0.4, -0.2) is 15.8 Å². The highest BCUT2D eigenvalue weighted by atomic mass is 32.1. The molecule has 0 atom stereocenters. The topological polar surface area (TPSA) is 70.1 Å². The van der Waals surface area contributed by atoms with Gasteiger partial charge in [-0.25, -0.2) is 9.37 Å². The van der Waals surface area contributed by atoms with Crippen LogP contribution in [0.15, 0.2) is 76.7 Å². The van der Waals surface area contributed by atoms with Crippen LogP contribution in [0.4, 0.5) is 4.39 Å². The zero-order valence-corrected chi connectivity index (χ0v) is 16.6. The van der Waals surface area contributed by atoms with E-state index < -0.39 is 0 Å². The molecule has 0 saturated heterocycles. The van der Waals surface area contributed by atoms with E-state index in [1.54, 1.807) is 65.1 Å². The second kappa shape index (κ2) is 8.72. The second-order valence-electron chi connectivity index (χ2n) is 6.62. The highest BCUT2D eigenvalue weighted by Crippen LogP contribution is 2.25. The van der Waals surface area contributed by atoms with E-state index in [0.717, 1.165) is 5.56 Å². The standard InChI is InChI=1S/C23H16FN3O2S/c24-19-4-1-3-18(11-19)14-27(13-17-8-6-16(12-25)7-9-17)23(28)20-15-30-22(26-20)21-5-2-10-29-21/h1-11,15H,13-14H2. The molecule has 1 amide bonds. The van der Waals surface area contributed by atoms with Gasteiger partial charge < -0.3 is 9.32 Å². The summed E-state index contributed by atoms with van der Waals surface area (Å²) in [4.78, 5) is 19.3. The van der Waals surface area contributed by atoms with Crippen LogP contribution in [0.3, 0.4) is 0 Å². The minimum absolute atomic E-state index is 0.226. The van der Waals surface area contributed by atoms with E-state index >= 15 is 0 Å². The number of nitrogens with zero attached hydrogens (tertiary/aromatic N) is 3. The van der Waals surface area contributed by atoms with Gasteiger partial charge in [0.1, 0.15) is 11.5 Å². The van der Waals surface area contributed by atoms with Crippen LogP contribution < -0.4 is 0 Å². The Bertz CT molecular complexity index is 1190. The maximum Gasteiger partial charge on any atom is 0.273 e. The Balaban J connectivity index is 1.61. The predicted octanol–water partition coefficient (Wildman–Crippen LogP) is 5.26. The molecule has 0 bridgehead atoms. The van der Waals surface area contributed by atoms with Gasteiger partial charge in [0.15, 0.2) is 10.8 Å². The van der Waals surface area contributed by atoms with Gasteiger partial charge in [0, 0.05) is 18.5 Å². The molecule has 0 N–H and O–H groups in total. The number of benzene rings is 2. The molecule has 4 rings (SSSR count). The molecule has 2 aromatic heterocycles. The zero-order valence-electron chi connectivity index (χ0n) is 15.8. The number of carbonyl (C=O) groups excluding carboxylic acids is 1. The van der Waals surface area contributed by atoms with Gasteiger partial charge in [-0.05, 0) is 47.5 Å². The van der Waals surface area contributed by atoms with Crippen molar-refractivity contribution < 1.29 is 13.6 Å². The van der Waals surface area contributed by atoms with Crippen LogP contribution in [0.1, 0.15) is 27.2 Å². The largest absolute Gasteiger partial charge is 0.462 e. The molecular formula is C23H16FN3O2S. The summed E-state index contributed by atoms with van der Waals surface area (Å²) < 4.78 is 19.0. The molecule has 2 aromatic carbocycles. The van der Waals surface area contributed by atoms with Crippen LogP contribution in [0.5, 0.6) is 0 Å². The fraction of sp³-hybridized carbons (Fsp3) is 0.0870. The van der Waals surface area contributed by atoms with Gasteiger partial charge in [0.25, 0.3) is 5.91 Å². The van der Waals surface area contributed by atoms with Gasteiger partial charge >= 0.3 is 0 Å². The molecule has 30 heavy (non-hydrogen) atoms. The average Bonchev–Trinajstić information content (AvgIpc) is 3.45. The number of hydrogen-bond acceptors (Lipinski definition) is 5. The lowest BCUT2D eigenvalue weighted by atomic mass is 10.1. The number of halogens is 1. The summed E-state index contributed by atoms with van der Waals surface area (Å²) in [7, 11) is 0. The molecule has 4 aromatic rings. The highest BCUT2D eigenvalue weighted by Gasteiger charge is 2.21. The number of hydrogen-bond donors (Lipinski definition) is 0. The van der Waals surface area contributed by atoms with Gasteiger partial charge in [-0.1, -0.05) is 24.3 Å². The third-order valence-electron chi connectivity index (χ3n) is 4.46. The Morgan fingerprint density at radius 3 is 2.60 bits per heavy atom. The quantitative estimate of drug-likeness (QED) is 0.429. The summed E-state index contributed by atoms with van der Waals surface area (Å²) in [5.74, 6) is -0.0208. The van der Waals surface area contributed by atoms with Crippen molar-refractivity contribution in [2.24, 2.45) is 0 Å². The predicted molar refractivity (Wildman–Crippen MR) is 111 cm³/mol. The number of rotatable bonds is 6. The molecular weight excluding hydrogens is 401 g/mol. The van der Waals surface area contributed by atoms with Crippen LogP contribution in [-0.2, 0) is 13.1 Å².